The number of rotatable bonds is 3. The van der Waals surface area contributed by atoms with Crippen LogP contribution in [0.4, 0.5) is 0 Å². The van der Waals surface area contributed by atoms with Crippen LogP contribution in [-0.2, 0) is 14.9 Å². The van der Waals surface area contributed by atoms with E-state index in [1.54, 1.807) is 20.8 Å². The SMILES string of the molecule is CC(C)(C)C(NC=O)S(=O)(=O)[O-].[Na+]. The Morgan fingerprint density at radius 1 is 1.38 bits per heavy atom. The number of carbonyl (C=O) groups excluding carboxylic acids is 1. The zero-order chi connectivity index (χ0) is 9.99. The van der Waals surface area contributed by atoms with E-state index in [1.807, 2.05) is 5.32 Å². The van der Waals surface area contributed by atoms with E-state index in [-0.39, 0.29) is 36.0 Å². The van der Waals surface area contributed by atoms with Crippen molar-refractivity contribution in [3.63, 3.8) is 0 Å². The molecule has 0 fully saturated rings. The van der Waals surface area contributed by atoms with E-state index in [9.17, 15) is 17.8 Å². The third kappa shape index (κ3) is 5.64. The van der Waals surface area contributed by atoms with Crippen molar-refractivity contribution in [2.24, 2.45) is 5.41 Å². The predicted molar refractivity (Wildman–Crippen MR) is 42.1 cm³/mol. The Kier molecular flexibility index (Phi) is 6.47. The molecule has 0 aliphatic rings. The summed E-state index contributed by atoms with van der Waals surface area (Å²) in [5.41, 5.74) is -0.790. The molecule has 0 saturated heterocycles. The summed E-state index contributed by atoms with van der Waals surface area (Å²) in [7, 11) is -4.48. The summed E-state index contributed by atoms with van der Waals surface area (Å²) >= 11 is 0. The molecule has 1 amide bonds. The molecule has 0 aliphatic heterocycles. The van der Waals surface area contributed by atoms with Gasteiger partial charge < -0.3 is 9.87 Å². The van der Waals surface area contributed by atoms with Crippen molar-refractivity contribution >= 4 is 16.5 Å². The summed E-state index contributed by atoms with van der Waals surface area (Å²) in [6.45, 7) is 4.68. The Balaban J connectivity index is 0. The van der Waals surface area contributed by atoms with Gasteiger partial charge >= 0.3 is 29.6 Å². The summed E-state index contributed by atoms with van der Waals surface area (Å²) in [6, 6.07) is 0. The molecule has 0 saturated carbocycles. The average Bonchev–Trinajstić information content (AvgIpc) is 1.77. The van der Waals surface area contributed by atoms with Gasteiger partial charge in [0.05, 0.1) is 0 Å². The van der Waals surface area contributed by atoms with Crippen molar-refractivity contribution < 1.29 is 47.3 Å². The summed E-state index contributed by atoms with van der Waals surface area (Å²) in [5, 5.41) is 0.609. The maximum atomic E-state index is 10.6. The Labute approximate surface area is 100 Å². The van der Waals surface area contributed by atoms with Gasteiger partial charge in [0.2, 0.25) is 6.41 Å². The number of hydrogen-bond donors (Lipinski definition) is 1. The maximum absolute atomic E-state index is 10.6. The molecule has 0 aromatic heterocycles. The van der Waals surface area contributed by atoms with Gasteiger partial charge in [0, 0.05) is 0 Å². The van der Waals surface area contributed by atoms with Crippen LogP contribution in [0.1, 0.15) is 20.8 Å². The Hall–Kier alpha value is 0.380. The van der Waals surface area contributed by atoms with Gasteiger partial charge in [0.1, 0.15) is 15.5 Å². The molecule has 0 aliphatic carbocycles. The molecule has 0 spiro atoms. The molecule has 0 radical (unpaired) electrons. The quantitative estimate of drug-likeness (QED) is 0.304. The van der Waals surface area contributed by atoms with Gasteiger partial charge in [-0.15, -0.1) is 0 Å². The smallest absolute Gasteiger partial charge is 0.746 e. The molecule has 0 heterocycles. The van der Waals surface area contributed by atoms with E-state index in [2.05, 4.69) is 0 Å². The van der Waals surface area contributed by atoms with Gasteiger partial charge in [-0.05, 0) is 5.41 Å². The molecule has 0 aromatic rings. The van der Waals surface area contributed by atoms with Crippen molar-refractivity contribution in [2.75, 3.05) is 0 Å². The van der Waals surface area contributed by atoms with Crippen LogP contribution < -0.4 is 34.9 Å². The van der Waals surface area contributed by atoms with E-state index in [0.29, 0.717) is 0 Å². The first-order valence-electron chi connectivity index (χ1n) is 3.34. The first kappa shape index (κ1) is 15.8. The molecule has 0 rings (SSSR count). The van der Waals surface area contributed by atoms with E-state index >= 15 is 0 Å². The second-order valence-electron chi connectivity index (χ2n) is 3.52. The predicted octanol–water partition coefficient (Wildman–Crippen LogP) is -3.35. The Bertz CT molecular complexity index is 256. The van der Waals surface area contributed by atoms with E-state index in [1.165, 1.54) is 0 Å². The molecule has 5 nitrogen and oxygen atoms in total. The fourth-order valence-corrected chi connectivity index (χ4v) is 1.92. The van der Waals surface area contributed by atoms with E-state index in [4.69, 9.17) is 0 Å². The number of amides is 1. The molecule has 1 unspecified atom stereocenters. The standard InChI is InChI=1S/C6H13NO4S.Na/c1-6(2,3)5(7-4-8)12(9,10)11;/h4-5H,1-3H3,(H,7,8)(H,9,10,11);/q;+1/p-1. The molecular weight excluding hydrogens is 205 g/mol. The molecule has 0 bridgehead atoms. The van der Waals surface area contributed by atoms with Gasteiger partial charge in [-0.1, -0.05) is 20.8 Å². The fourth-order valence-electron chi connectivity index (χ4n) is 0.828. The van der Waals surface area contributed by atoms with E-state index < -0.39 is 20.9 Å². The van der Waals surface area contributed by atoms with Crippen LogP contribution in [0.2, 0.25) is 0 Å². The second kappa shape index (κ2) is 5.31. The first-order valence-corrected chi connectivity index (χ1v) is 4.81. The third-order valence-corrected chi connectivity index (χ3v) is 2.72. The number of nitrogens with one attached hydrogen (secondary N) is 1. The first-order chi connectivity index (χ1) is 5.19. The van der Waals surface area contributed by atoms with Crippen molar-refractivity contribution in [1.82, 2.24) is 5.32 Å². The summed E-state index contributed by atoms with van der Waals surface area (Å²) in [4.78, 5) is 9.99. The van der Waals surface area contributed by atoms with Crippen LogP contribution in [-0.4, -0.2) is 24.8 Å². The largest absolute Gasteiger partial charge is 1.00 e. The van der Waals surface area contributed by atoms with Gasteiger partial charge in [-0.3, -0.25) is 4.79 Å². The molecule has 1 atom stereocenters. The molecule has 7 heteroatoms. The Morgan fingerprint density at radius 3 is 1.85 bits per heavy atom. The summed E-state index contributed by atoms with van der Waals surface area (Å²) < 4.78 is 31.8. The van der Waals surface area contributed by atoms with Gasteiger partial charge in [-0.2, -0.15) is 0 Å². The van der Waals surface area contributed by atoms with E-state index in [0.717, 1.165) is 0 Å². The molecule has 0 aromatic carbocycles. The normalized spacial score (nSPS) is 14.2. The van der Waals surface area contributed by atoms with Gasteiger partial charge in [0.15, 0.2) is 0 Å². The monoisotopic (exact) mass is 217 g/mol. The molecular formula is C6H12NNaO4S. The summed E-state index contributed by atoms with van der Waals surface area (Å²) in [6.07, 6.45) is 0.214. The average molecular weight is 217 g/mol. The zero-order valence-electron chi connectivity index (χ0n) is 8.20. The number of carbonyl (C=O) groups is 1. The maximum Gasteiger partial charge on any atom is 1.00 e. The minimum absolute atomic E-state index is 0. The van der Waals surface area contributed by atoms with Crippen molar-refractivity contribution in [3.8, 4) is 0 Å². The minimum Gasteiger partial charge on any atom is -0.746 e. The summed E-state index contributed by atoms with van der Waals surface area (Å²) in [5.74, 6) is 0. The topological polar surface area (TPSA) is 86.3 Å². The van der Waals surface area contributed by atoms with Crippen LogP contribution in [0.3, 0.4) is 0 Å². The van der Waals surface area contributed by atoms with Gasteiger partial charge in [0.25, 0.3) is 0 Å². The van der Waals surface area contributed by atoms with Crippen LogP contribution in [0.5, 0.6) is 0 Å². The third-order valence-electron chi connectivity index (χ3n) is 1.29. The minimum atomic E-state index is -4.48. The zero-order valence-corrected chi connectivity index (χ0v) is 11.0. The van der Waals surface area contributed by atoms with Gasteiger partial charge in [-0.25, -0.2) is 8.42 Å². The van der Waals surface area contributed by atoms with Crippen LogP contribution >= 0.6 is 0 Å². The Morgan fingerprint density at radius 2 is 1.77 bits per heavy atom. The molecule has 13 heavy (non-hydrogen) atoms. The fraction of sp³-hybridized carbons (Fsp3) is 0.833. The molecule has 72 valence electrons. The second-order valence-corrected chi connectivity index (χ2v) is 4.98. The number of hydrogen-bond acceptors (Lipinski definition) is 4. The van der Waals surface area contributed by atoms with Crippen molar-refractivity contribution in [2.45, 2.75) is 26.1 Å². The van der Waals surface area contributed by atoms with Crippen molar-refractivity contribution in [1.29, 1.82) is 0 Å². The van der Waals surface area contributed by atoms with Crippen LogP contribution in [0.25, 0.3) is 0 Å². The van der Waals surface area contributed by atoms with Crippen LogP contribution in [0.15, 0.2) is 0 Å². The van der Waals surface area contributed by atoms with Crippen LogP contribution in [0, 0.1) is 5.41 Å². The van der Waals surface area contributed by atoms with Crippen molar-refractivity contribution in [3.05, 3.63) is 0 Å². The molecule has 1 N–H and O–H groups in total.